The van der Waals surface area contributed by atoms with Crippen molar-refractivity contribution in [1.82, 2.24) is 15.2 Å². The Kier molecular flexibility index (Phi) is 4.06. The first-order valence-corrected chi connectivity index (χ1v) is 6.70. The first kappa shape index (κ1) is 13.4. The Morgan fingerprint density at radius 1 is 1.42 bits per heavy atom. The normalized spacial score (nSPS) is 10.7. The molecule has 0 fully saturated rings. The molecule has 2 rings (SSSR count). The summed E-state index contributed by atoms with van der Waals surface area (Å²) in [6, 6.07) is 1.57. The van der Waals surface area contributed by atoms with Crippen LogP contribution in [0, 0.1) is 5.92 Å². The van der Waals surface area contributed by atoms with Gasteiger partial charge in [0.25, 0.3) is 5.91 Å². The van der Waals surface area contributed by atoms with E-state index in [1.807, 2.05) is 0 Å². The maximum absolute atomic E-state index is 11.9. The summed E-state index contributed by atoms with van der Waals surface area (Å²) >= 11 is 1.38. The minimum absolute atomic E-state index is 0.285. The fourth-order valence-electron chi connectivity index (χ4n) is 1.49. The van der Waals surface area contributed by atoms with Gasteiger partial charge in [0.2, 0.25) is 5.13 Å². The number of rotatable bonds is 4. The molecule has 0 aliphatic rings. The Bertz CT molecular complexity index is 581. The van der Waals surface area contributed by atoms with Crippen LogP contribution < -0.4 is 11.1 Å². The highest BCUT2D eigenvalue weighted by molar-refractivity contribution is 7.15. The first-order valence-electron chi connectivity index (χ1n) is 5.89. The number of nitrogens with two attached hydrogens (primary N) is 1. The fourth-order valence-corrected chi connectivity index (χ4v) is 2.43. The lowest BCUT2D eigenvalue weighted by Gasteiger charge is -2.01. The van der Waals surface area contributed by atoms with Crippen molar-refractivity contribution in [2.24, 2.45) is 5.92 Å². The maximum Gasteiger partial charge on any atom is 0.259 e. The van der Waals surface area contributed by atoms with Crippen molar-refractivity contribution in [3.8, 4) is 0 Å². The third kappa shape index (κ3) is 3.72. The van der Waals surface area contributed by atoms with Crippen molar-refractivity contribution < 1.29 is 4.79 Å². The Labute approximate surface area is 115 Å². The summed E-state index contributed by atoms with van der Waals surface area (Å²) < 4.78 is 0. The molecule has 0 unspecified atom stereocenters. The van der Waals surface area contributed by atoms with Gasteiger partial charge in [0, 0.05) is 18.8 Å². The van der Waals surface area contributed by atoms with Crippen LogP contribution in [0.4, 0.5) is 10.8 Å². The van der Waals surface area contributed by atoms with E-state index in [4.69, 9.17) is 5.73 Å². The maximum atomic E-state index is 11.9. The second kappa shape index (κ2) is 5.75. The number of carbonyl (C=O) groups excluding carboxylic acids is 1. The van der Waals surface area contributed by atoms with Gasteiger partial charge in [-0.15, -0.1) is 10.2 Å². The molecule has 0 bridgehead atoms. The molecule has 7 heteroatoms. The van der Waals surface area contributed by atoms with E-state index >= 15 is 0 Å². The number of nitrogens with one attached hydrogen (secondary N) is 1. The monoisotopic (exact) mass is 277 g/mol. The number of nitrogen functional groups attached to an aromatic ring is 1. The molecule has 6 nitrogen and oxygen atoms in total. The molecule has 0 spiro atoms. The second-order valence-electron chi connectivity index (χ2n) is 4.56. The highest BCUT2D eigenvalue weighted by Crippen LogP contribution is 2.19. The van der Waals surface area contributed by atoms with E-state index in [-0.39, 0.29) is 5.91 Å². The zero-order chi connectivity index (χ0) is 13.8. The fraction of sp³-hybridized carbons (Fsp3) is 0.333. The molecule has 0 atom stereocenters. The molecule has 2 aromatic heterocycles. The molecule has 0 radical (unpaired) electrons. The molecule has 0 saturated heterocycles. The molecule has 0 saturated carbocycles. The highest BCUT2D eigenvalue weighted by Gasteiger charge is 2.11. The van der Waals surface area contributed by atoms with E-state index in [0.717, 1.165) is 11.4 Å². The van der Waals surface area contributed by atoms with E-state index in [1.165, 1.54) is 23.7 Å². The van der Waals surface area contributed by atoms with E-state index in [9.17, 15) is 4.79 Å². The van der Waals surface area contributed by atoms with Gasteiger partial charge in [0.15, 0.2) is 0 Å². The minimum atomic E-state index is -0.285. The molecule has 2 heterocycles. The highest BCUT2D eigenvalue weighted by atomic mass is 32.1. The van der Waals surface area contributed by atoms with Crippen molar-refractivity contribution in [1.29, 1.82) is 0 Å². The van der Waals surface area contributed by atoms with Gasteiger partial charge in [-0.1, -0.05) is 25.2 Å². The largest absolute Gasteiger partial charge is 0.397 e. The molecule has 3 N–H and O–H groups in total. The summed E-state index contributed by atoms with van der Waals surface area (Å²) in [5.74, 6) is 0.224. The van der Waals surface area contributed by atoms with Crippen LogP contribution in [-0.2, 0) is 6.42 Å². The van der Waals surface area contributed by atoms with E-state index in [1.54, 1.807) is 6.07 Å². The summed E-state index contributed by atoms with van der Waals surface area (Å²) in [5, 5.41) is 12.1. The van der Waals surface area contributed by atoms with Gasteiger partial charge in [-0.05, 0) is 12.0 Å². The first-order chi connectivity index (χ1) is 9.04. The van der Waals surface area contributed by atoms with Crippen LogP contribution in [0.2, 0.25) is 0 Å². The summed E-state index contributed by atoms with van der Waals surface area (Å²) in [7, 11) is 0. The van der Waals surface area contributed by atoms with Crippen LogP contribution in [0.15, 0.2) is 18.5 Å². The number of amides is 1. The number of hydrogen-bond acceptors (Lipinski definition) is 6. The zero-order valence-corrected chi connectivity index (χ0v) is 11.6. The van der Waals surface area contributed by atoms with Gasteiger partial charge >= 0.3 is 0 Å². The van der Waals surface area contributed by atoms with Crippen molar-refractivity contribution in [3.63, 3.8) is 0 Å². The predicted octanol–water partition coefficient (Wildman–Crippen LogP) is 1.97. The van der Waals surface area contributed by atoms with Crippen molar-refractivity contribution in [2.45, 2.75) is 20.3 Å². The summed E-state index contributed by atoms with van der Waals surface area (Å²) in [4.78, 5) is 15.8. The molecule has 100 valence electrons. The molecule has 0 aliphatic carbocycles. The average molecular weight is 277 g/mol. The number of nitrogens with zero attached hydrogens (tertiary/aromatic N) is 3. The molecular weight excluding hydrogens is 262 g/mol. The molecular formula is C12H15N5OS. The van der Waals surface area contributed by atoms with Gasteiger partial charge in [0.05, 0.1) is 11.3 Å². The quantitative estimate of drug-likeness (QED) is 0.891. The zero-order valence-electron chi connectivity index (χ0n) is 10.8. The van der Waals surface area contributed by atoms with E-state index < -0.39 is 0 Å². The lowest BCUT2D eigenvalue weighted by Crippen LogP contribution is -2.12. The molecule has 19 heavy (non-hydrogen) atoms. The number of anilines is 2. The second-order valence-corrected chi connectivity index (χ2v) is 5.62. The van der Waals surface area contributed by atoms with Crippen LogP contribution >= 0.6 is 11.3 Å². The Morgan fingerprint density at radius 3 is 2.89 bits per heavy atom. The SMILES string of the molecule is CC(C)Cc1nnc(NC(=O)c2cncc(N)c2)s1. The van der Waals surface area contributed by atoms with Gasteiger partial charge in [-0.3, -0.25) is 15.1 Å². The topological polar surface area (TPSA) is 93.8 Å². The van der Waals surface area contributed by atoms with Gasteiger partial charge < -0.3 is 5.73 Å². The summed E-state index contributed by atoms with van der Waals surface area (Å²) in [6.45, 7) is 4.22. The van der Waals surface area contributed by atoms with Crippen LogP contribution in [0.1, 0.15) is 29.2 Å². The van der Waals surface area contributed by atoms with E-state index in [2.05, 4.69) is 34.3 Å². The lowest BCUT2D eigenvalue weighted by molar-refractivity contribution is 0.102. The van der Waals surface area contributed by atoms with Gasteiger partial charge in [0.1, 0.15) is 5.01 Å². The smallest absolute Gasteiger partial charge is 0.259 e. The average Bonchev–Trinajstić information content (AvgIpc) is 2.75. The predicted molar refractivity (Wildman–Crippen MR) is 75.1 cm³/mol. The molecule has 0 aliphatic heterocycles. The summed E-state index contributed by atoms with van der Waals surface area (Å²) in [6.07, 6.45) is 3.80. The molecule has 2 aromatic rings. The van der Waals surface area contributed by atoms with Crippen LogP contribution in [0.3, 0.4) is 0 Å². The number of pyridine rings is 1. The standard InChI is InChI=1S/C12H15N5OS/c1-7(2)3-10-16-17-12(19-10)15-11(18)8-4-9(13)6-14-5-8/h4-7H,3,13H2,1-2H3,(H,15,17,18). The van der Waals surface area contributed by atoms with Crippen LogP contribution in [0.5, 0.6) is 0 Å². The minimum Gasteiger partial charge on any atom is -0.397 e. The van der Waals surface area contributed by atoms with Crippen LogP contribution in [0.25, 0.3) is 0 Å². The number of carbonyl (C=O) groups is 1. The molecule has 1 amide bonds. The Balaban J connectivity index is 2.05. The van der Waals surface area contributed by atoms with Gasteiger partial charge in [-0.25, -0.2) is 0 Å². The third-order valence-electron chi connectivity index (χ3n) is 2.29. The van der Waals surface area contributed by atoms with Crippen molar-refractivity contribution in [2.75, 3.05) is 11.1 Å². The Hall–Kier alpha value is -2.02. The molecule has 0 aromatic carbocycles. The van der Waals surface area contributed by atoms with Crippen molar-refractivity contribution >= 4 is 28.1 Å². The Morgan fingerprint density at radius 2 is 2.21 bits per heavy atom. The summed E-state index contributed by atoms with van der Waals surface area (Å²) in [5.41, 5.74) is 6.43. The van der Waals surface area contributed by atoms with E-state index in [0.29, 0.717) is 22.3 Å². The number of aromatic nitrogens is 3. The van der Waals surface area contributed by atoms with Gasteiger partial charge in [-0.2, -0.15) is 0 Å². The lowest BCUT2D eigenvalue weighted by atomic mass is 10.1. The third-order valence-corrected chi connectivity index (χ3v) is 3.15. The number of hydrogen-bond donors (Lipinski definition) is 2. The van der Waals surface area contributed by atoms with Crippen LogP contribution in [-0.4, -0.2) is 21.1 Å². The van der Waals surface area contributed by atoms with Crippen molar-refractivity contribution in [3.05, 3.63) is 29.0 Å².